The van der Waals surface area contributed by atoms with E-state index in [0.717, 1.165) is 32.1 Å². The molecule has 334 valence electrons. The summed E-state index contributed by atoms with van der Waals surface area (Å²) in [7, 11) is 0. The predicted octanol–water partition coefficient (Wildman–Crippen LogP) is 15.2. The number of nitrogens with one attached hydrogen (secondary N) is 1. The van der Waals surface area contributed by atoms with Gasteiger partial charge in [-0.1, -0.05) is 257 Å². The highest BCUT2D eigenvalue weighted by molar-refractivity contribution is 5.80. The quantitative estimate of drug-likeness (QED) is 0.0365. The first-order valence-electron chi connectivity index (χ1n) is 25.5. The van der Waals surface area contributed by atoms with E-state index >= 15 is 0 Å². The Kier molecular flexibility index (Phi) is 46.0. The molecule has 5 nitrogen and oxygen atoms in total. The molecule has 0 rings (SSSR count). The summed E-state index contributed by atoms with van der Waals surface area (Å²) in [5, 5.41) is 33.3. The van der Waals surface area contributed by atoms with E-state index in [0.29, 0.717) is 12.8 Å². The molecular weight excluding hydrogens is 691 g/mol. The average Bonchev–Trinajstić information content (AvgIpc) is 3.20. The van der Waals surface area contributed by atoms with Gasteiger partial charge in [0.15, 0.2) is 0 Å². The molecule has 0 fully saturated rings. The van der Waals surface area contributed by atoms with Crippen LogP contribution in [0, 0.1) is 0 Å². The van der Waals surface area contributed by atoms with Crippen molar-refractivity contribution in [1.29, 1.82) is 0 Å². The van der Waals surface area contributed by atoms with Gasteiger partial charge in [0, 0.05) is 0 Å². The average molecular weight is 792 g/mol. The highest BCUT2D eigenvalue weighted by Crippen LogP contribution is 2.17. The van der Waals surface area contributed by atoms with Crippen molar-refractivity contribution in [2.75, 3.05) is 6.61 Å². The van der Waals surface area contributed by atoms with E-state index in [4.69, 9.17) is 0 Å². The Balaban J connectivity index is 3.44. The van der Waals surface area contributed by atoms with E-state index in [1.807, 2.05) is 0 Å². The van der Waals surface area contributed by atoms with Crippen LogP contribution in [-0.2, 0) is 4.79 Å². The highest BCUT2D eigenvalue weighted by Gasteiger charge is 2.23. The molecule has 0 bridgehead atoms. The molecule has 0 radical (unpaired) electrons. The molecule has 0 aliphatic heterocycles. The largest absolute Gasteiger partial charge is 0.394 e. The molecule has 3 atom stereocenters. The lowest BCUT2D eigenvalue weighted by atomic mass is 10.0. The van der Waals surface area contributed by atoms with Gasteiger partial charge in [-0.25, -0.2) is 0 Å². The molecule has 0 saturated carbocycles. The molecule has 1 amide bonds. The van der Waals surface area contributed by atoms with Crippen molar-refractivity contribution in [2.45, 2.75) is 302 Å². The van der Waals surface area contributed by atoms with Gasteiger partial charge in [-0.2, -0.15) is 0 Å². The van der Waals surface area contributed by atoms with Gasteiger partial charge in [0.2, 0.25) is 5.91 Å². The topological polar surface area (TPSA) is 89.8 Å². The van der Waals surface area contributed by atoms with E-state index < -0.39 is 24.2 Å². The van der Waals surface area contributed by atoms with Crippen molar-refractivity contribution < 1.29 is 20.1 Å². The van der Waals surface area contributed by atoms with Gasteiger partial charge in [0.25, 0.3) is 0 Å². The molecular formula is C51H101NO4. The molecule has 0 heterocycles. The van der Waals surface area contributed by atoms with Crippen LogP contribution in [0.1, 0.15) is 284 Å². The van der Waals surface area contributed by atoms with Crippen LogP contribution in [0.4, 0.5) is 0 Å². The minimum Gasteiger partial charge on any atom is -0.394 e. The van der Waals surface area contributed by atoms with Crippen LogP contribution in [0.3, 0.4) is 0 Å². The van der Waals surface area contributed by atoms with Crippen molar-refractivity contribution in [3.8, 4) is 0 Å². The Morgan fingerprint density at radius 3 is 0.982 bits per heavy atom. The maximum absolute atomic E-state index is 12.5. The van der Waals surface area contributed by atoms with Crippen LogP contribution in [0.25, 0.3) is 0 Å². The first-order chi connectivity index (χ1) is 27.6. The second kappa shape index (κ2) is 46.8. The van der Waals surface area contributed by atoms with Crippen molar-refractivity contribution in [3.63, 3.8) is 0 Å². The zero-order valence-corrected chi connectivity index (χ0v) is 38.0. The molecule has 3 unspecified atom stereocenters. The van der Waals surface area contributed by atoms with Gasteiger partial charge in [-0.3, -0.25) is 4.79 Å². The number of aliphatic hydroxyl groups is 3. The van der Waals surface area contributed by atoms with E-state index in [1.165, 1.54) is 225 Å². The molecule has 0 aliphatic carbocycles. The van der Waals surface area contributed by atoms with Gasteiger partial charge in [-0.05, 0) is 38.5 Å². The Labute approximate surface area is 350 Å². The van der Waals surface area contributed by atoms with Crippen molar-refractivity contribution in [1.82, 2.24) is 5.32 Å². The molecule has 56 heavy (non-hydrogen) atoms. The number of unbranched alkanes of at least 4 members (excludes halogenated alkanes) is 37. The van der Waals surface area contributed by atoms with Crippen LogP contribution in [-0.4, -0.2) is 46.1 Å². The van der Waals surface area contributed by atoms with Gasteiger partial charge >= 0.3 is 0 Å². The van der Waals surface area contributed by atoms with Crippen molar-refractivity contribution in [2.24, 2.45) is 0 Å². The van der Waals surface area contributed by atoms with Gasteiger partial charge in [0.1, 0.15) is 6.10 Å². The number of rotatable bonds is 47. The number of aliphatic hydroxyl groups excluding tert-OH is 3. The summed E-state index contributed by atoms with van der Waals surface area (Å²) in [4.78, 5) is 12.5. The zero-order valence-electron chi connectivity index (χ0n) is 38.0. The number of amides is 1. The summed E-state index contributed by atoms with van der Waals surface area (Å²) >= 11 is 0. The fourth-order valence-electron chi connectivity index (χ4n) is 8.13. The van der Waals surface area contributed by atoms with Crippen LogP contribution < -0.4 is 5.32 Å². The van der Waals surface area contributed by atoms with Crippen molar-refractivity contribution >= 4 is 5.91 Å². The van der Waals surface area contributed by atoms with E-state index in [9.17, 15) is 20.1 Å². The van der Waals surface area contributed by atoms with Crippen LogP contribution >= 0.6 is 0 Å². The lowest BCUT2D eigenvalue weighted by molar-refractivity contribution is -0.131. The van der Waals surface area contributed by atoms with Gasteiger partial charge in [0.05, 0.1) is 18.8 Å². The SMILES string of the molecule is CCCCCCCCCCCCCC/C=C\CCCCCCCCCCCCCCCCCCC(O)C(=O)NC(CO)C(O)CCCCCCCCCCCC. The van der Waals surface area contributed by atoms with Gasteiger partial charge in [-0.15, -0.1) is 0 Å². The maximum Gasteiger partial charge on any atom is 0.249 e. The third-order valence-electron chi connectivity index (χ3n) is 12.1. The van der Waals surface area contributed by atoms with Crippen LogP contribution in [0.2, 0.25) is 0 Å². The Hall–Kier alpha value is -0.910. The summed E-state index contributed by atoms with van der Waals surface area (Å²) in [5.74, 6) is -0.468. The molecule has 0 spiro atoms. The third kappa shape index (κ3) is 41.3. The Bertz CT molecular complexity index is 788. The minimum atomic E-state index is -1.07. The number of hydrogen-bond acceptors (Lipinski definition) is 4. The molecule has 0 aliphatic rings. The fourth-order valence-corrected chi connectivity index (χ4v) is 8.13. The molecule has 0 saturated heterocycles. The second-order valence-electron chi connectivity index (χ2n) is 17.7. The molecule has 5 heteroatoms. The number of allylic oxidation sites excluding steroid dienone is 2. The monoisotopic (exact) mass is 792 g/mol. The molecule has 0 aromatic rings. The van der Waals surface area contributed by atoms with Crippen LogP contribution in [0.15, 0.2) is 12.2 Å². The number of carbonyl (C=O) groups is 1. The standard InChI is InChI=1S/C51H101NO4/c1-3-5-7-9-11-13-15-16-17-18-19-20-21-22-23-24-25-26-27-28-29-30-31-32-33-34-35-36-38-40-42-44-46-50(55)51(56)52-48(47-53)49(54)45-43-41-39-37-14-12-10-8-6-4-2/h22-23,48-50,53-55H,3-21,24-47H2,1-2H3,(H,52,56)/b23-22-. The summed E-state index contributed by atoms with van der Waals surface area (Å²) in [6.07, 6.45) is 56.9. The molecule has 0 aromatic carbocycles. The number of carbonyl (C=O) groups excluding carboxylic acids is 1. The summed E-state index contributed by atoms with van der Waals surface area (Å²) in [5.41, 5.74) is 0. The van der Waals surface area contributed by atoms with Crippen molar-refractivity contribution in [3.05, 3.63) is 12.2 Å². The first kappa shape index (κ1) is 55.1. The maximum atomic E-state index is 12.5. The lowest BCUT2D eigenvalue weighted by Crippen LogP contribution is -2.49. The summed E-state index contributed by atoms with van der Waals surface area (Å²) < 4.78 is 0. The van der Waals surface area contributed by atoms with E-state index in [-0.39, 0.29) is 6.61 Å². The van der Waals surface area contributed by atoms with Gasteiger partial charge < -0.3 is 20.6 Å². The van der Waals surface area contributed by atoms with Crippen LogP contribution in [0.5, 0.6) is 0 Å². The molecule has 0 aromatic heterocycles. The Morgan fingerprint density at radius 1 is 0.411 bits per heavy atom. The molecule has 4 N–H and O–H groups in total. The lowest BCUT2D eigenvalue weighted by Gasteiger charge is -2.23. The number of hydrogen-bond donors (Lipinski definition) is 4. The summed E-state index contributed by atoms with van der Waals surface area (Å²) in [6.45, 7) is 4.23. The summed E-state index contributed by atoms with van der Waals surface area (Å²) in [6, 6.07) is -0.707. The second-order valence-corrected chi connectivity index (χ2v) is 17.7. The predicted molar refractivity (Wildman–Crippen MR) is 245 cm³/mol. The van der Waals surface area contributed by atoms with E-state index in [1.54, 1.807) is 0 Å². The Morgan fingerprint density at radius 2 is 0.679 bits per heavy atom. The minimum absolute atomic E-state index is 0.310. The third-order valence-corrected chi connectivity index (χ3v) is 12.1. The smallest absolute Gasteiger partial charge is 0.249 e. The normalized spacial score (nSPS) is 13.4. The first-order valence-corrected chi connectivity index (χ1v) is 25.5. The highest BCUT2D eigenvalue weighted by atomic mass is 16.3. The fraction of sp³-hybridized carbons (Fsp3) is 0.941. The van der Waals surface area contributed by atoms with E-state index in [2.05, 4.69) is 31.3 Å². The zero-order chi connectivity index (χ0) is 40.8.